The Hall–Kier alpha value is -1.52. The van der Waals surface area contributed by atoms with E-state index in [0.717, 1.165) is 35.8 Å². The van der Waals surface area contributed by atoms with Gasteiger partial charge in [-0.25, -0.2) is 0 Å². The van der Waals surface area contributed by atoms with Crippen molar-refractivity contribution < 1.29 is 19.8 Å². The molecule has 0 heterocycles. The number of benzene rings is 1. The molecule has 0 radical (unpaired) electrons. The van der Waals surface area contributed by atoms with Gasteiger partial charge in [0.25, 0.3) is 5.79 Å². The van der Waals surface area contributed by atoms with Gasteiger partial charge < -0.3 is 10.2 Å². The molecule has 0 aliphatic heterocycles. The lowest BCUT2D eigenvalue weighted by Crippen LogP contribution is -2.40. The van der Waals surface area contributed by atoms with Crippen molar-refractivity contribution in [2.75, 3.05) is 0 Å². The van der Waals surface area contributed by atoms with Gasteiger partial charge in [0.15, 0.2) is 0 Å². The van der Waals surface area contributed by atoms with Crippen LogP contribution in [0, 0.1) is 17.8 Å². The fourth-order valence-electron chi connectivity index (χ4n) is 4.65. The van der Waals surface area contributed by atoms with Crippen molar-refractivity contribution in [1.82, 2.24) is 0 Å². The summed E-state index contributed by atoms with van der Waals surface area (Å²) in [5, 5.41) is 19.3. The number of Topliss-reactive ketones (excluding diaryl/α,β-unsaturated/α-hetero) is 2. The molecule has 0 aromatic heterocycles. The lowest BCUT2D eigenvalue weighted by Gasteiger charge is -2.30. The van der Waals surface area contributed by atoms with Gasteiger partial charge in [-0.15, -0.1) is 0 Å². The SMILES string of the molecule is CC1CCC(C2Cc3cc4c(cc3C2)C(=O)C(O)(O)C4=O)CC1. The zero-order chi connectivity index (χ0) is 16.4. The van der Waals surface area contributed by atoms with Crippen molar-refractivity contribution in [3.63, 3.8) is 0 Å². The first-order valence-electron chi connectivity index (χ1n) is 8.58. The molecule has 0 amide bonds. The third-order valence-electron chi connectivity index (χ3n) is 6.15. The summed E-state index contributed by atoms with van der Waals surface area (Å²) in [5.41, 5.74) is 2.56. The first-order valence-corrected chi connectivity index (χ1v) is 8.58. The smallest absolute Gasteiger partial charge is 0.295 e. The maximum Gasteiger partial charge on any atom is 0.295 e. The molecular weight excluding hydrogens is 292 g/mol. The summed E-state index contributed by atoms with van der Waals surface area (Å²) in [6, 6.07) is 3.45. The summed E-state index contributed by atoms with van der Waals surface area (Å²) >= 11 is 0. The highest BCUT2D eigenvalue weighted by Gasteiger charge is 2.51. The molecule has 1 aromatic carbocycles. The lowest BCUT2D eigenvalue weighted by molar-refractivity contribution is -0.0857. The topological polar surface area (TPSA) is 74.6 Å². The van der Waals surface area contributed by atoms with Crippen molar-refractivity contribution in [1.29, 1.82) is 0 Å². The monoisotopic (exact) mass is 314 g/mol. The van der Waals surface area contributed by atoms with Crippen LogP contribution in [0.4, 0.5) is 0 Å². The van der Waals surface area contributed by atoms with Crippen LogP contribution in [-0.4, -0.2) is 27.6 Å². The Morgan fingerprint density at radius 2 is 1.35 bits per heavy atom. The Morgan fingerprint density at radius 1 is 0.870 bits per heavy atom. The second-order valence-corrected chi connectivity index (χ2v) is 7.69. The Balaban J connectivity index is 1.60. The number of aliphatic hydroxyl groups is 2. The fraction of sp³-hybridized carbons (Fsp3) is 0.579. The minimum absolute atomic E-state index is 0.177. The number of rotatable bonds is 1. The Labute approximate surface area is 135 Å². The minimum Gasteiger partial charge on any atom is -0.353 e. The third kappa shape index (κ3) is 2.19. The van der Waals surface area contributed by atoms with E-state index in [1.165, 1.54) is 25.7 Å². The van der Waals surface area contributed by atoms with E-state index in [4.69, 9.17) is 0 Å². The van der Waals surface area contributed by atoms with Crippen LogP contribution in [0.2, 0.25) is 0 Å². The van der Waals surface area contributed by atoms with Crippen LogP contribution in [0.3, 0.4) is 0 Å². The van der Waals surface area contributed by atoms with E-state index in [2.05, 4.69) is 6.92 Å². The predicted octanol–water partition coefficient (Wildman–Crippen LogP) is 2.29. The summed E-state index contributed by atoms with van der Waals surface area (Å²) < 4.78 is 0. The molecule has 4 rings (SSSR count). The molecule has 3 aliphatic rings. The molecule has 1 saturated carbocycles. The Kier molecular flexibility index (Phi) is 3.26. The van der Waals surface area contributed by atoms with Gasteiger partial charge in [0.2, 0.25) is 11.6 Å². The van der Waals surface area contributed by atoms with Crippen LogP contribution >= 0.6 is 0 Å². The number of carbonyl (C=O) groups excluding carboxylic acids is 2. The van der Waals surface area contributed by atoms with E-state index in [9.17, 15) is 19.8 Å². The van der Waals surface area contributed by atoms with Crippen LogP contribution in [0.25, 0.3) is 0 Å². The van der Waals surface area contributed by atoms with Crippen LogP contribution in [-0.2, 0) is 12.8 Å². The van der Waals surface area contributed by atoms with Gasteiger partial charge in [0, 0.05) is 11.1 Å². The fourth-order valence-corrected chi connectivity index (χ4v) is 4.65. The maximum atomic E-state index is 12.0. The quantitative estimate of drug-likeness (QED) is 0.616. The van der Waals surface area contributed by atoms with E-state index in [1.807, 2.05) is 0 Å². The maximum absolute atomic E-state index is 12.0. The lowest BCUT2D eigenvalue weighted by atomic mass is 9.75. The molecule has 1 fully saturated rings. The highest BCUT2D eigenvalue weighted by Crippen LogP contribution is 2.42. The molecule has 2 N–H and O–H groups in total. The van der Waals surface area contributed by atoms with Crippen molar-refractivity contribution in [3.05, 3.63) is 34.4 Å². The summed E-state index contributed by atoms with van der Waals surface area (Å²) in [7, 11) is 0. The van der Waals surface area contributed by atoms with Crippen molar-refractivity contribution >= 4 is 11.6 Å². The van der Waals surface area contributed by atoms with E-state index in [1.54, 1.807) is 12.1 Å². The summed E-state index contributed by atoms with van der Waals surface area (Å²) in [6.07, 6.45) is 7.01. The van der Waals surface area contributed by atoms with Crippen molar-refractivity contribution in [2.45, 2.75) is 51.2 Å². The second-order valence-electron chi connectivity index (χ2n) is 7.69. The molecule has 0 bridgehead atoms. The van der Waals surface area contributed by atoms with Crippen LogP contribution in [0.1, 0.15) is 64.4 Å². The molecule has 0 atom stereocenters. The Morgan fingerprint density at radius 3 is 1.83 bits per heavy atom. The number of carbonyl (C=O) groups is 2. The van der Waals surface area contributed by atoms with E-state index >= 15 is 0 Å². The van der Waals surface area contributed by atoms with Crippen LogP contribution in [0.15, 0.2) is 12.1 Å². The molecule has 1 aromatic rings. The van der Waals surface area contributed by atoms with Gasteiger partial charge in [0.05, 0.1) is 0 Å². The van der Waals surface area contributed by atoms with Gasteiger partial charge in [-0.05, 0) is 66.7 Å². The molecule has 0 saturated heterocycles. The second kappa shape index (κ2) is 4.99. The first-order chi connectivity index (χ1) is 10.9. The van der Waals surface area contributed by atoms with Gasteiger partial charge >= 0.3 is 0 Å². The Bertz CT molecular complexity index is 649. The van der Waals surface area contributed by atoms with Gasteiger partial charge in [0.1, 0.15) is 0 Å². The first kappa shape index (κ1) is 15.0. The average Bonchev–Trinajstić information content (AvgIpc) is 3.01. The molecule has 4 heteroatoms. The molecular formula is C19H22O4. The largest absolute Gasteiger partial charge is 0.353 e. The molecule has 23 heavy (non-hydrogen) atoms. The third-order valence-corrected chi connectivity index (χ3v) is 6.15. The van der Waals surface area contributed by atoms with Gasteiger partial charge in [-0.2, -0.15) is 0 Å². The summed E-state index contributed by atoms with van der Waals surface area (Å²) in [4.78, 5) is 24.1. The number of ketones is 2. The summed E-state index contributed by atoms with van der Waals surface area (Å²) in [6.45, 7) is 2.32. The zero-order valence-corrected chi connectivity index (χ0v) is 13.3. The molecule has 3 aliphatic carbocycles. The van der Waals surface area contributed by atoms with E-state index < -0.39 is 17.4 Å². The van der Waals surface area contributed by atoms with Gasteiger partial charge in [-0.3, -0.25) is 9.59 Å². The van der Waals surface area contributed by atoms with Gasteiger partial charge in [-0.1, -0.05) is 19.8 Å². The predicted molar refractivity (Wildman–Crippen MR) is 84.3 cm³/mol. The summed E-state index contributed by atoms with van der Waals surface area (Å²) in [5.74, 6) is -2.47. The average molecular weight is 314 g/mol. The standard InChI is InChI=1S/C19H22O4/c1-10-2-4-11(5-3-10)12-6-13-8-15-16(9-14(13)7-12)18(21)19(22,23)17(15)20/h8-12,22-23H,2-7H2,1H3. The normalized spacial score (nSPS) is 29.7. The zero-order valence-electron chi connectivity index (χ0n) is 13.3. The highest BCUT2D eigenvalue weighted by molar-refractivity contribution is 6.30. The van der Waals surface area contributed by atoms with E-state index in [0.29, 0.717) is 5.92 Å². The molecule has 4 nitrogen and oxygen atoms in total. The minimum atomic E-state index is -2.86. The highest BCUT2D eigenvalue weighted by atomic mass is 16.5. The van der Waals surface area contributed by atoms with Crippen LogP contribution < -0.4 is 0 Å². The van der Waals surface area contributed by atoms with Crippen molar-refractivity contribution in [2.24, 2.45) is 17.8 Å². The number of fused-ring (bicyclic) bond motifs is 2. The molecule has 0 spiro atoms. The number of hydrogen-bond acceptors (Lipinski definition) is 4. The van der Waals surface area contributed by atoms with Crippen molar-refractivity contribution in [3.8, 4) is 0 Å². The van der Waals surface area contributed by atoms with E-state index in [-0.39, 0.29) is 11.1 Å². The van der Waals surface area contributed by atoms with Crippen LogP contribution in [0.5, 0.6) is 0 Å². The molecule has 122 valence electrons. The number of hydrogen-bond donors (Lipinski definition) is 2. The molecule has 0 unspecified atom stereocenters.